The highest BCUT2D eigenvalue weighted by atomic mass is 16.5. The van der Waals surface area contributed by atoms with E-state index in [1.165, 1.54) is 0 Å². The van der Waals surface area contributed by atoms with Crippen LogP contribution >= 0.6 is 0 Å². The number of nitrogens with one attached hydrogen (secondary N) is 1. The Morgan fingerprint density at radius 1 is 1.29 bits per heavy atom. The number of alkyl carbamates (subject to hydrolysis) is 1. The van der Waals surface area contributed by atoms with Gasteiger partial charge in [0.25, 0.3) is 0 Å². The highest BCUT2D eigenvalue weighted by Crippen LogP contribution is 2.14. The summed E-state index contributed by atoms with van der Waals surface area (Å²) in [6, 6.07) is 8.87. The third-order valence-corrected chi connectivity index (χ3v) is 3.35. The molecule has 0 spiro atoms. The summed E-state index contributed by atoms with van der Waals surface area (Å²) in [4.78, 5) is 22.9. The monoisotopic (exact) mass is 293 g/mol. The number of carboxylic acid groups (broad SMARTS) is 1. The average Bonchev–Trinajstić information content (AvgIpc) is 2.46. The Bertz CT molecular complexity index is 447. The summed E-state index contributed by atoms with van der Waals surface area (Å²) in [7, 11) is 0. The minimum absolute atomic E-state index is 0.173. The molecule has 0 saturated heterocycles. The first kappa shape index (κ1) is 17.0. The van der Waals surface area contributed by atoms with Crippen molar-refractivity contribution in [2.45, 2.75) is 45.8 Å². The van der Waals surface area contributed by atoms with Gasteiger partial charge in [0.05, 0.1) is 5.92 Å². The molecule has 5 nitrogen and oxygen atoms in total. The van der Waals surface area contributed by atoms with E-state index in [1.54, 1.807) is 6.92 Å². The topological polar surface area (TPSA) is 75.6 Å². The highest BCUT2D eigenvalue weighted by molar-refractivity contribution is 5.73. The molecular formula is C16H23NO4. The number of amides is 1. The van der Waals surface area contributed by atoms with Gasteiger partial charge in [-0.2, -0.15) is 0 Å². The van der Waals surface area contributed by atoms with E-state index >= 15 is 0 Å². The summed E-state index contributed by atoms with van der Waals surface area (Å²) in [6.45, 7) is 3.87. The van der Waals surface area contributed by atoms with Gasteiger partial charge in [-0.15, -0.1) is 0 Å². The van der Waals surface area contributed by atoms with Crippen molar-refractivity contribution in [1.29, 1.82) is 0 Å². The van der Waals surface area contributed by atoms with Gasteiger partial charge in [-0.3, -0.25) is 4.79 Å². The first-order chi connectivity index (χ1) is 10.0. The van der Waals surface area contributed by atoms with Crippen LogP contribution in [0.15, 0.2) is 30.3 Å². The van der Waals surface area contributed by atoms with Gasteiger partial charge in [0, 0.05) is 6.04 Å². The van der Waals surface area contributed by atoms with Crippen LogP contribution in [0.1, 0.15) is 38.7 Å². The molecule has 1 amide bonds. The zero-order valence-electron chi connectivity index (χ0n) is 12.5. The molecule has 0 aliphatic carbocycles. The molecule has 0 aromatic heterocycles. The first-order valence-electron chi connectivity index (χ1n) is 7.24. The highest BCUT2D eigenvalue weighted by Gasteiger charge is 2.25. The molecule has 0 heterocycles. The van der Waals surface area contributed by atoms with E-state index in [-0.39, 0.29) is 6.61 Å². The number of carbonyl (C=O) groups is 2. The van der Waals surface area contributed by atoms with E-state index in [1.807, 2.05) is 37.3 Å². The Kier molecular flexibility index (Phi) is 7.29. The number of carbonyl (C=O) groups excluding carboxylic acids is 1. The summed E-state index contributed by atoms with van der Waals surface area (Å²) in [6.07, 6.45) is 1.71. The van der Waals surface area contributed by atoms with Crippen LogP contribution in [0.5, 0.6) is 0 Å². The Hall–Kier alpha value is -2.04. The van der Waals surface area contributed by atoms with Crippen LogP contribution in [0.3, 0.4) is 0 Å². The molecule has 0 saturated carbocycles. The molecule has 0 unspecified atom stereocenters. The van der Waals surface area contributed by atoms with Crippen molar-refractivity contribution >= 4 is 12.1 Å². The lowest BCUT2D eigenvalue weighted by Crippen LogP contribution is -2.41. The van der Waals surface area contributed by atoms with Gasteiger partial charge in [-0.25, -0.2) is 4.79 Å². The number of unbranched alkanes of at least 4 members (excludes halogenated alkanes) is 1. The first-order valence-corrected chi connectivity index (χ1v) is 7.24. The summed E-state index contributed by atoms with van der Waals surface area (Å²) < 4.78 is 5.09. The quantitative estimate of drug-likeness (QED) is 0.771. The third-order valence-electron chi connectivity index (χ3n) is 3.35. The van der Waals surface area contributed by atoms with Crippen molar-refractivity contribution in [1.82, 2.24) is 5.32 Å². The third kappa shape index (κ3) is 6.29. The second-order valence-electron chi connectivity index (χ2n) is 5.08. The number of ether oxygens (including phenoxy) is 1. The molecule has 1 aromatic rings. The summed E-state index contributed by atoms with van der Waals surface area (Å²) in [5.74, 6) is -1.48. The van der Waals surface area contributed by atoms with E-state index in [4.69, 9.17) is 4.74 Å². The van der Waals surface area contributed by atoms with Crippen LogP contribution in [0.25, 0.3) is 0 Å². The molecule has 0 aliphatic heterocycles. The van der Waals surface area contributed by atoms with E-state index < -0.39 is 24.0 Å². The number of hydrogen-bond acceptors (Lipinski definition) is 3. The van der Waals surface area contributed by atoms with Crippen molar-refractivity contribution < 1.29 is 19.4 Å². The zero-order chi connectivity index (χ0) is 15.7. The molecule has 2 atom stereocenters. The molecule has 1 aromatic carbocycles. The van der Waals surface area contributed by atoms with Gasteiger partial charge in [0.15, 0.2) is 0 Å². The van der Waals surface area contributed by atoms with Gasteiger partial charge >= 0.3 is 12.1 Å². The fraction of sp³-hybridized carbons (Fsp3) is 0.500. The molecule has 0 radical (unpaired) electrons. The van der Waals surface area contributed by atoms with Crippen molar-refractivity contribution in [3.05, 3.63) is 35.9 Å². The molecule has 5 heteroatoms. The predicted octanol–water partition coefficient (Wildman–Crippen LogP) is 3.19. The minimum atomic E-state index is -0.890. The number of benzene rings is 1. The lowest BCUT2D eigenvalue weighted by atomic mass is 9.95. The van der Waals surface area contributed by atoms with Crippen molar-refractivity contribution in [3.63, 3.8) is 0 Å². The fourth-order valence-corrected chi connectivity index (χ4v) is 2.06. The summed E-state index contributed by atoms with van der Waals surface area (Å²) in [5.41, 5.74) is 0.890. The molecular weight excluding hydrogens is 270 g/mol. The van der Waals surface area contributed by atoms with Crippen LogP contribution in [-0.2, 0) is 16.1 Å². The second kappa shape index (κ2) is 9.00. The van der Waals surface area contributed by atoms with Crippen LogP contribution in [0, 0.1) is 5.92 Å². The number of aliphatic carboxylic acids is 1. The second-order valence-corrected chi connectivity index (χ2v) is 5.08. The lowest BCUT2D eigenvalue weighted by molar-refractivity contribution is -0.142. The Labute approximate surface area is 125 Å². The Morgan fingerprint density at radius 3 is 2.52 bits per heavy atom. The van der Waals surface area contributed by atoms with Crippen LogP contribution < -0.4 is 5.32 Å². The van der Waals surface area contributed by atoms with Crippen LogP contribution in [0.2, 0.25) is 0 Å². The van der Waals surface area contributed by atoms with Crippen LogP contribution in [0.4, 0.5) is 4.79 Å². The molecule has 2 N–H and O–H groups in total. The van der Waals surface area contributed by atoms with Gasteiger partial charge < -0.3 is 15.2 Å². The van der Waals surface area contributed by atoms with Crippen molar-refractivity contribution in [3.8, 4) is 0 Å². The zero-order valence-corrected chi connectivity index (χ0v) is 12.5. The van der Waals surface area contributed by atoms with Gasteiger partial charge in [0.2, 0.25) is 0 Å². The summed E-state index contributed by atoms with van der Waals surface area (Å²) in [5, 5.41) is 11.8. The summed E-state index contributed by atoms with van der Waals surface area (Å²) >= 11 is 0. The van der Waals surface area contributed by atoms with Gasteiger partial charge in [-0.05, 0) is 18.9 Å². The number of hydrogen-bond donors (Lipinski definition) is 2. The van der Waals surface area contributed by atoms with Gasteiger partial charge in [0.1, 0.15) is 6.61 Å². The largest absolute Gasteiger partial charge is 0.481 e. The Morgan fingerprint density at radius 2 is 1.95 bits per heavy atom. The lowest BCUT2D eigenvalue weighted by Gasteiger charge is -2.21. The van der Waals surface area contributed by atoms with E-state index in [0.717, 1.165) is 18.4 Å². The molecule has 1 rings (SSSR count). The van der Waals surface area contributed by atoms with E-state index in [2.05, 4.69) is 5.32 Å². The predicted molar refractivity (Wildman–Crippen MR) is 79.9 cm³/mol. The molecule has 0 bridgehead atoms. The van der Waals surface area contributed by atoms with E-state index in [9.17, 15) is 14.7 Å². The molecule has 21 heavy (non-hydrogen) atoms. The van der Waals surface area contributed by atoms with Crippen LogP contribution in [-0.4, -0.2) is 23.2 Å². The maximum Gasteiger partial charge on any atom is 0.407 e. The van der Waals surface area contributed by atoms with E-state index in [0.29, 0.717) is 6.42 Å². The molecule has 116 valence electrons. The van der Waals surface area contributed by atoms with Crippen molar-refractivity contribution in [2.24, 2.45) is 5.92 Å². The Balaban J connectivity index is 2.42. The molecule has 0 fully saturated rings. The fourth-order valence-electron chi connectivity index (χ4n) is 2.06. The number of carboxylic acids is 1. The minimum Gasteiger partial charge on any atom is -0.481 e. The number of rotatable bonds is 8. The van der Waals surface area contributed by atoms with Crippen molar-refractivity contribution in [2.75, 3.05) is 0 Å². The average molecular weight is 293 g/mol. The normalized spacial score (nSPS) is 13.2. The smallest absolute Gasteiger partial charge is 0.407 e. The SMILES string of the molecule is CCCC[C@@H](C(=O)O)[C@H](C)NC(=O)OCc1ccccc1. The maximum atomic E-state index is 11.7. The molecule has 0 aliphatic rings. The van der Waals surface area contributed by atoms with Gasteiger partial charge in [-0.1, -0.05) is 50.1 Å². The standard InChI is InChI=1S/C16H23NO4/c1-3-4-10-14(15(18)19)12(2)17-16(20)21-11-13-8-6-5-7-9-13/h5-9,12,14H,3-4,10-11H2,1-2H3,(H,17,20)(H,18,19)/t12-,14+/m0/s1. The maximum absolute atomic E-state index is 11.7.